The zero-order chi connectivity index (χ0) is 15.7. The van der Waals surface area contributed by atoms with Crippen LogP contribution in [0.25, 0.3) is 16.6 Å². The van der Waals surface area contributed by atoms with Crippen LogP contribution in [0.4, 0.5) is 0 Å². The van der Waals surface area contributed by atoms with Gasteiger partial charge in [0.2, 0.25) is 0 Å². The number of halogens is 1. The number of fused-ring (bicyclic) bond motifs is 1. The molecule has 0 atom stereocenters. The van der Waals surface area contributed by atoms with Gasteiger partial charge in [-0.2, -0.15) is 0 Å². The van der Waals surface area contributed by atoms with E-state index in [0.29, 0.717) is 6.54 Å². The van der Waals surface area contributed by atoms with Crippen molar-refractivity contribution in [2.75, 3.05) is 27.7 Å². The lowest BCUT2D eigenvalue weighted by molar-refractivity contribution is -0.871. The van der Waals surface area contributed by atoms with Gasteiger partial charge in [0.15, 0.2) is 0 Å². The van der Waals surface area contributed by atoms with Gasteiger partial charge in [-0.05, 0) is 24.3 Å². The van der Waals surface area contributed by atoms with Crippen LogP contribution in [-0.2, 0) is 6.54 Å². The minimum Gasteiger partial charge on any atom is -1.00 e. The molecule has 0 radical (unpaired) electrons. The number of hydrogen-bond acceptors (Lipinski definition) is 1. The van der Waals surface area contributed by atoms with Crippen LogP contribution in [0.2, 0.25) is 0 Å². The fraction of sp³-hybridized carbons (Fsp3) is 0.278. The van der Waals surface area contributed by atoms with Crippen LogP contribution in [0.15, 0.2) is 59.4 Å². The molecule has 3 rings (SSSR count). The van der Waals surface area contributed by atoms with Crippen LogP contribution in [0.1, 0.15) is 0 Å². The highest BCUT2D eigenvalue weighted by Gasteiger charge is 2.16. The highest BCUT2D eigenvalue weighted by atomic mass is 127. The summed E-state index contributed by atoms with van der Waals surface area (Å²) in [6.45, 7) is 1.58. The molecule has 0 aliphatic carbocycles. The van der Waals surface area contributed by atoms with E-state index in [4.69, 9.17) is 0 Å². The number of nitrogens with zero attached hydrogens (tertiary/aromatic N) is 3. The summed E-state index contributed by atoms with van der Waals surface area (Å²) in [5, 5.41) is 0.771. The van der Waals surface area contributed by atoms with E-state index < -0.39 is 0 Å². The third-order valence-electron chi connectivity index (χ3n) is 3.82. The van der Waals surface area contributed by atoms with Gasteiger partial charge in [0.05, 0.1) is 50.8 Å². The first-order valence-corrected chi connectivity index (χ1v) is 7.54. The van der Waals surface area contributed by atoms with Crippen molar-refractivity contribution in [3.63, 3.8) is 0 Å². The predicted octanol–water partition coefficient (Wildman–Crippen LogP) is -0.498. The molecule has 2 aromatic carbocycles. The van der Waals surface area contributed by atoms with E-state index in [2.05, 4.69) is 21.1 Å². The molecule has 0 spiro atoms. The monoisotopic (exact) mass is 423 g/mol. The molecule has 0 fully saturated rings. The maximum atomic E-state index is 12.8. The first-order chi connectivity index (χ1) is 10.5. The predicted molar refractivity (Wildman–Crippen MR) is 90.4 cm³/mol. The van der Waals surface area contributed by atoms with Gasteiger partial charge in [-0.1, -0.05) is 30.3 Å². The van der Waals surface area contributed by atoms with Crippen molar-refractivity contribution in [2.45, 2.75) is 6.54 Å². The van der Waals surface area contributed by atoms with Crippen LogP contribution in [0.3, 0.4) is 0 Å². The Morgan fingerprint density at radius 1 is 0.913 bits per heavy atom. The molecule has 1 aromatic heterocycles. The number of quaternary nitrogens is 1. The Morgan fingerprint density at radius 2 is 1.52 bits per heavy atom. The van der Waals surface area contributed by atoms with E-state index in [9.17, 15) is 4.79 Å². The average molecular weight is 423 g/mol. The van der Waals surface area contributed by atoms with Gasteiger partial charge in [0, 0.05) is 0 Å². The third kappa shape index (κ3) is 3.67. The van der Waals surface area contributed by atoms with Crippen LogP contribution >= 0.6 is 0 Å². The van der Waals surface area contributed by atoms with E-state index in [1.807, 2.05) is 64.0 Å². The molecule has 0 amide bonds. The van der Waals surface area contributed by atoms with Gasteiger partial charge in [-0.25, -0.2) is 9.36 Å². The summed E-state index contributed by atoms with van der Waals surface area (Å²) in [5.74, 6) is 0. The van der Waals surface area contributed by atoms with Gasteiger partial charge in [-0.3, -0.25) is 4.79 Å². The number of likely N-dealkylation sites (N-methyl/N-ethyl adjacent to an activating group) is 1. The molecule has 0 aliphatic heterocycles. The van der Waals surface area contributed by atoms with Crippen LogP contribution in [0, 0.1) is 0 Å². The largest absolute Gasteiger partial charge is 1.00 e. The maximum absolute atomic E-state index is 12.8. The average Bonchev–Trinajstić information content (AvgIpc) is 2.78. The first kappa shape index (κ1) is 17.7. The second-order valence-electron chi connectivity index (χ2n) is 6.61. The molecule has 4 nitrogen and oxygen atoms in total. The molecule has 23 heavy (non-hydrogen) atoms. The van der Waals surface area contributed by atoms with Crippen molar-refractivity contribution in [1.29, 1.82) is 0 Å². The molecule has 0 unspecified atom stereocenters. The molecule has 0 aliphatic rings. The zero-order valence-electron chi connectivity index (χ0n) is 13.7. The normalized spacial score (nSPS) is 11.4. The second kappa shape index (κ2) is 6.88. The molecule has 0 saturated carbocycles. The molecule has 1 heterocycles. The Balaban J connectivity index is 0.00000192. The number of rotatable bonds is 4. The van der Waals surface area contributed by atoms with Crippen LogP contribution in [-0.4, -0.2) is 41.5 Å². The lowest BCUT2D eigenvalue weighted by Crippen LogP contribution is -3.00. The van der Waals surface area contributed by atoms with E-state index >= 15 is 0 Å². The quantitative estimate of drug-likeness (QED) is 0.411. The Kier molecular flexibility index (Phi) is 5.31. The van der Waals surface area contributed by atoms with Crippen molar-refractivity contribution in [1.82, 2.24) is 9.36 Å². The second-order valence-corrected chi connectivity index (χ2v) is 6.61. The summed E-state index contributed by atoms with van der Waals surface area (Å²) in [6, 6.07) is 17.9. The van der Waals surface area contributed by atoms with Crippen LogP contribution < -0.4 is 29.5 Å². The number of para-hydroxylation sites is 2. The fourth-order valence-corrected chi connectivity index (χ4v) is 2.64. The summed E-state index contributed by atoms with van der Waals surface area (Å²) in [7, 11) is 6.42. The Bertz CT molecular complexity index is 844. The topological polar surface area (TPSA) is 26.9 Å². The van der Waals surface area contributed by atoms with Crippen molar-refractivity contribution in [3.05, 3.63) is 65.0 Å². The summed E-state index contributed by atoms with van der Waals surface area (Å²) in [6.07, 6.45) is 0. The van der Waals surface area contributed by atoms with Gasteiger partial charge in [0.1, 0.15) is 0 Å². The number of aromatic nitrogens is 2. The van der Waals surface area contributed by atoms with Gasteiger partial charge in [-0.15, -0.1) is 0 Å². The summed E-state index contributed by atoms with van der Waals surface area (Å²) in [4.78, 5) is 12.8. The van der Waals surface area contributed by atoms with E-state index in [0.717, 1.165) is 27.6 Å². The lowest BCUT2D eigenvalue weighted by Gasteiger charge is -2.24. The minimum atomic E-state index is 0. The summed E-state index contributed by atoms with van der Waals surface area (Å²) in [5.41, 5.74) is 2.05. The van der Waals surface area contributed by atoms with Crippen molar-refractivity contribution < 1.29 is 28.5 Å². The summed E-state index contributed by atoms with van der Waals surface area (Å²) < 4.78 is 4.71. The molecule has 5 heteroatoms. The number of benzene rings is 2. The summed E-state index contributed by atoms with van der Waals surface area (Å²) >= 11 is 0. The van der Waals surface area contributed by atoms with E-state index in [-0.39, 0.29) is 29.5 Å². The van der Waals surface area contributed by atoms with Gasteiger partial charge < -0.3 is 28.5 Å². The van der Waals surface area contributed by atoms with E-state index in [1.54, 1.807) is 0 Å². The van der Waals surface area contributed by atoms with Crippen molar-refractivity contribution in [3.8, 4) is 5.69 Å². The van der Waals surface area contributed by atoms with Crippen LogP contribution in [0.5, 0.6) is 0 Å². The lowest BCUT2D eigenvalue weighted by atomic mass is 10.2. The molecular formula is C18H22IN3O. The molecule has 0 saturated heterocycles. The molecule has 122 valence electrons. The molecular weight excluding hydrogens is 401 g/mol. The highest BCUT2D eigenvalue weighted by molar-refractivity contribution is 5.80. The molecule has 0 N–H and O–H groups in total. The molecule has 3 aromatic rings. The maximum Gasteiger partial charge on any atom is 0.275 e. The molecule has 0 bridgehead atoms. The Hall–Kier alpha value is -1.60. The van der Waals surface area contributed by atoms with Crippen molar-refractivity contribution >= 4 is 10.9 Å². The smallest absolute Gasteiger partial charge is 0.275 e. The SMILES string of the molecule is C[N+](C)(C)CCn1c(=O)c2ccccc2n1-c1ccccc1.[I-]. The zero-order valence-corrected chi connectivity index (χ0v) is 15.9. The fourth-order valence-electron chi connectivity index (χ4n) is 2.64. The van der Waals surface area contributed by atoms with Crippen molar-refractivity contribution in [2.24, 2.45) is 0 Å². The van der Waals surface area contributed by atoms with Gasteiger partial charge >= 0.3 is 0 Å². The minimum absolute atomic E-state index is 0. The number of hydrogen-bond donors (Lipinski definition) is 0. The van der Waals surface area contributed by atoms with Gasteiger partial charge in [0.25, 0.3) is 5.56 Å². The Labute approximate surface area is 153 Å². The third-order valence-corrected chi connectivity index (χ3v) is 3.82. The van der Waals surface area contributed by atoms with E-state index in [1.165, 1.54) is 0 Å². The first-order valence-electron chi connectivity index (χ1n) is 7.54. The Morgan fingerprint density at radius 3 is 2.17 bits per heavy atom. The standard InChI is InChI=1S/C18H22N3O.HI/c1-21(2,3)14-13-19-18(22)16-11-7-8-12-17(16)20(19)15-9-5-4-6-10-15;/h4-12H,13-14H2,1-3H3;1H/q+1;/p-1. The highest BCUT2D eigenvalue weighted by Crippen LogP contribution is 2.17.